The fourth-order valence-corrected chi connectivity index (χ4v) is 1.47. The van der Waals surface area contributed by atoms with E-state index in [1.54, 1.807) is 18.3 Å². The van der Waals surface area contributed by atoms with Gasteiger partial charge in [-0.1, -0.05) is 30.3 Å². The normalized spacial score (nSPS) is 12.1. The largest absolute Gasteiger partial charge is 0.453 e. The van der Waals surface area contributed by atoms with Gasteiger partial charge >= 0.3 is 5.97 Å². The number of esters is 1. The number of carbonyl (C=O) groups excluding carboxylic acids is 1. The number of aromatic nitrogens is 1. The zero-order valence-electron chi connectivity index (χ0n) is 9.01. The second kappa shape index (κ2) is 4.66. The van der Waals surface area contributed by atoms with Crippen LogP contribution in [-0.4, -0.2) is 11.0 Å². The Labute approximate surface area is 94.1 Å². The fraction of sp³-hybridized carbons (Fsp3) is 0.154. The predicted molar refractivity (Wildman–Crippen MR) is 61.1 cm³/mol. The van der Waals surface area contributed by atoms with Crippen LogP contribution in [0.4, 0.5) is 0 Å². The quantitative estimate of drug-likeness (QED) is 0.800. The van der Waals surface area contributed by atoms with E-state index in [9.17, 15) is 4.79 Å². The van der Waals surface area contributed by atoms with Gasteiger partial charge in [-0.2, -0.15) is 0 Å². The van der Waals surface area contributed by atoms with Crippen LogP contribution in [0.15, 0.2) is 48.7 Å². The third-order valence-electron chi connectivity index (χ3n) is 2.37. The fourth-order valence-electron chi connectivity index (χ4n) is 1.47. The molecular weight excluding hydrogens is 202 g/mol. The van der Waals surface area contributed by atoms with Crippen LogP contribution >= 0.6 is 0 Å². The van der Waals surface area contributed by atoms with Crippen LogP contribution in [0.25, 0.3) is 0 Å². The first kappa shape index (κ1) is 10.5. The summed E-state index contributed by atoms with van der Waals surface area (Å²) in [4.78, 5) is 14.5. The summed E-state index contributed by atoms with van der Waals surface area (Å²) in [7, 11) is 0. The molecule has 16 heavy (non-hydrogen) atoms. The van der Waals surface area contributed by atoms with Crippen molar-refractivity contribution in [2.45, 2.75) is 13.0 Å². The van der Waals surface area contributed by atoms with Crippen molar-refractivity contribution < 1.29 is 9.53 Å². The summed E-state index contributed by atoms with van der Waals surface area (Å²) in [6, 6.07) is 13.1. The van der Waals surface area contributed by atoms with Crippen LogP contribution in [0.1, 0.15) is 29.1 Å². The van der Waals surface area contributed by atoms with Crippen LogP contribution in [-0.2, 0) is 4.74 Å². The molecule has 0 aliphatic heterocycles. The molecule has 0 saturated heterocycles. The highest BCUT2D eigenvalue weighted by atomic mass is 16.5. The Bertz CT molecular complexity index is 448. The van der Waals surface area contributed by atoms with Crippen molar-refractivity contribution in [3.05, 3.63) is 59.9 Å². The minimum atomic E-state index is -0.332. The van der Waals surface area contributed by atoms with Crippen molar-refractivity contribution in [3.8, 4) is 0 Å². The van der Waals surface area contributed by atoms with Crippen molar-refractivity contribution in [1.29, 1.82) is 0 Å². The molecule has 1 N–H and O–H groups in total. The molecule has 0 aliphatic rings. The molecular formula is C13H13NO2. The molecule has 0 aliphatic carbocycles. The Morgan fingerprint density at radius 2 is 1.94 bits per heavy atom. The lowest BCUT2D eigenvalue weighted by atomic mass is 10.1. The maximum absolute atomic E-state index is 11.6. The van der Waals surface area contributed by atoms with E-state index in [1.807, 2.05) is 37.3 Å². The van der Waals surface area contributed by atoms with Crippen molar-refractivity contribution in [2.75, 3.05) is 0 Å². The second-order valence-corrected chi connectivity index (χ2v) is 3.54. The summed E-state index contributed by atoms with van der Waals surface area (Å²) in [6.07, 6.45) is 1.46. The lowest BCUT2D eigenvalue weighted by Crippen LogP contribution is -2.09. The molecule has 3 nitrogen and oxygen atoms in total. The highest BCUT2D eigenvalue weighted by Crippen LogP contribution is 2.17. The van der Waals surface area contributed by atoms with E-state index >= 15 is 0 Å². The number of hydrogen-bond acceptors (Lipinski definition) is 2. The number of ether oxygens (including phenoxy) is 1. The third-order valence-corrected chi connectivity index (χ3v) is 2.37. The van der Waals surface area contributed by atoms with Crippen molar-refractivity contribution in [1.82, 2.24) is 4.98 Å². The number of aromatic amines is 1. The second-order valence-electron chi connectivity index (χ2n) is 3.54. The molecule has 1 aromatic carbocycles. The molecule has 0 bridgehead atoms. The smallest absolute Gasteiger partial charge is 0.355 e. The predicted octanol–water partition coefficient (Wildman–Crippen LogP) is 2.93. The van der Waals surface area contributed by atoms with Crippen LogP contribution in [0.5, 0.6) is 0 Å². The van der Waals surface area contributed by atoms with Gasteiger partial charge in [-0.25, -0.2) is 4.79 Å². The van der Waals surface area contributed by atoms with Crippen LogP contribution in [0.2, 0.25) is 0 Å². The molecule has 0 spiro atoms. The van der Waals surface area contributed by atoms with Gasteiger partial charge in [0, 0.05) is 6.20 Å². The molecule has 1 atom stereocenters. The summed E-state index contributed by atoms with van der Waals surface area (Å²) < 4.78 is 5.31. The zero-order valence-corrected chi connectivity index (χ0v) is 9.01. The van der Waals surface area contributed by atoms with Gasteiger partial charge in [0.05, 0.1) is 0 Å². The number of benzene rings is 1. The number of hydrogen-bond donors (Lipinski definition) is 1. The van der Waals surface area contributed by atoms with Crippen molar-refractivity contribution in [2.24, 2.45) is 0 Å². The average Bonchev–Trinajstić information content (AvgIpc) is 2.83. The molecule has 3 heteroatoms. The van der Waals surface area contributed by atoms with Gasteiger partial charge in [0.1, 0.15) is 11.8 Å². The van der Waals surface area contributed by atoms with E-state index in [-0.39, 0.29) is 12.1 Å². The Morgan fingerprint density at radius 1 is 1.19 bits per heavy atom. The molecule has 82 valence electrons. The zero-order chi connectivity index (χ0) is 11.4. The lowest BCUT2D eigenvalue weighted by molar-refractivity contribution is 0.0331. The van der Waals surface area contributed by atoms with E-state index in [0.717, 1.165) is 5.56 Å². The molecule has 0 amide bonds. The Hall–Kier alpha value is -2.03. The van der Waals surface area contributed by atoms with Crippen LogP contribution in [0.3, 0.4) is 0 Å². The number of rotatable bonds is 3. The molecule has 0 saturated carbocycles. The van der Waals surface area contributed by atoms with E-state index < -0.39 is 0 Å². The molecule has 2 rings (SSSR count). The maximum atomic E-state index is 11.6. The van der Waals surface area contributed by atoms with E-state index in [1.165, 1.54) is 0 Å². The maximum Gasteiger partial charge on any atom is 0.355 e. The number of carbonyl (C=O) groups is 1. The molecule has 2 aromatic rings. The minimum Gasteiger partial charge on any atom is -0.453 e. The first-order valence-corrected chi connectivity index (χ1v) is 5.16. The van der Waals surface area contributed by atoms with Crippen molar-refractivity contribution >= 4 is 5.97 Å². The topological polar surface area (TPSA) is 42.1 Å². The average molecular weight is 215 g/mol. The minimum absolute atomic E-state index is 0.239. The first-order valence-electron chi connectivity index (χ1n) is 5.16. The summed E-state index contributed by atoms with van der Waals surface area (Å²) >= 11 is 0. The van der Waals surface area contributed by atoms with Gasteiger partial charge < -0.3 is 9.72 Å². The van der Waals surface area contributed by atoms with Gasteiger partial charge in [0.2, 0.25) is 0 Å². The Kier molecular flexibility index (Phi) is 3.05. The van der Waals surface area contributed by atoms with Gasteiger partial charge in [-0.15, -0.1) is 0 Å². The Balaban J connectivity index is 2.03. The first-order chi connectivity index (χ1) is 7.77. The van der Waals surface area contributed by atoms with E-state index in [2.05, 4.69) is 4.98 Å². The summed E-state index contributed by atoms with van der Waals surface area (Å²) in [6.45, 7) is 1.86. The number of H-pyrrole nitrogens is 1. The van der Waals surface area contributed by atoms with Crippen LogP contribution in [0, 0.1) is 0 Å². The lowest BCUT2D eigenvalue weighted by Gasteiger charge is -2.12. The number of nitrogens with one attached hydrogen (secondary N) is 1. The molecule has 1 heterocycles. The standard InChI is InChI=1S/C13H13NO2/c1-10(11-6-3-2-4-7-11)16-13(15)12-8-5-9-14-12/h2-10,14H,1H3. The van der Waals surface area contributed by atoms with Crippen LogP contribution < -0.4 is 0 Å². The molecule has 1 aromatic heterocycles. The van der Waals surface area contributed by atoms with Gasteiger partial charge in [0.25, 0.3) is 0 Å². The van der Waals surface area contributed by atoms with E-state index in [0.29, 0.717) is 5.69 Å². The summed E-state index contributed by atoms with van der Waals surface area (Å²) in [5.74, 6) is -0.332. The molecule has 0 radical (unpaired) electrons. The van der Waals surface area contributed by atoms with Gasteiger partial charge in [-0.05, 0) is 24.6 Å². The van der Waals surface area contributed by atoms with Gasteiger partial charge in [0.15, 0.2) is 0 Å². The van der Waals surface area contributed by atoms with E-state index in [4.69, 9.17) is 4.74 Å². The summed E-state index contributed by atoms with van der Waals surface area (Å²) in [5, 5.41) is 0. The monoisotopic (exact) mass is 215 g/mol. The highest BCUT2D eigenvalue weighted by Gasteiger charge is 2.13. The summed E-state index contributed by atoms with van der Waals surface area (Å²) in [5.41, 5.74) is 1.46. The van der Waals surface area contributed by atoms with Gasteiger partial charge in [-0.3, -0.25) is 0 Å². The highest BCUT2D eigenvalue weighted by molar-refractivity contribution is 5.87. The third kappa shape index (κ3) is 2.31. The molecule has 0 fully saturated rings. The Morgan fingerprint density at radius 3 is 2.56 bits per heavy atom. The van der Waals surface area contributed by atoms with Crippen molar-refractivity contribution in [3.63, 3.8) is 0 Å². The SMILES string of the molecule is CC(OC(=O)c1ccc[nH]1)c1ccccc1. The molecule has 1 unspecified atom stereocenters.